The SMILES string of the molecule is CCNC(=NCC(CC)(CC)NC(C)c1ccccc1)N1CCC(COC)C1. The van der Waals surface area contributed by atoms with Crippen molar-refractivity contribution < 1.29 is 4.74 Å². The number of nitrogens with one attached hydrogen (secondary N) is 2. The molecule has 158 valence electrons. The lowest BCUT2D eigenvalue weighted by molar-refractivity contribution is 0.157. The second-order valence-corrected chi connectivity index (χ2v) is 7.99. The van der Waals surface area contributed by atoms with Gasteiger partial charge in [-0.05, 0) is 38.7 Å². The van der Waals surface area contributed by atoms with Gasteiger partial charge in [-0.2, -0.15) is 0 Å². The molecule has 1 aliphatic heterocycles. The first-order valence-electron chi connectivity index (χ1n) is 10.9. The molecule has 1 fully saturated rings. The number of guanidine groups is 1. The van der Waals surface area contributed by atoms with E-state index in [2.05, 4.69) is 73.6 Å². The molecular weight excluding hydrogens is 348 g/mol. The molecule has 2 atom stereocenters. The van der Waals surface area contributed by atoms with Crippen LogP contribution >= 0.6 is 0 Å². The Morgan fingerprint density at radius 1 is 1.25 bits per heavy atom. The van der Waals surface area contributed by atoms with Gasteiger partial charge in [-0.3, -0.25) is 4.99 Å². The summed E-state index contributed by atoms with van der Waals surface area (Å²) >= 11 is 0. The van der Waals surface area contributed by atoms with Crippen molar-refractivity contribution in [1.29, 1.82) is 0 Å². The second kappa shape index (κ2) is 11.4. The van der Waals surface area contributed by atoms with Crippen LogP contribution in [0.15, 0.2) is 35.3 Å². The minimum absolute atomic E-state index is 0.00157. The second-order valence-electron chi connectivity index (χ2n) is 7.99. The highest BCUT2D eigenvalue weighted by Crippen LogP contribution is 2.23. The number of nitrogens with zero attached hydrogens (tertiary/aromatic N) is 2. The number of aliphatic imine (C=N–C) groups is 1. The first kappa shape index (κ1) is 22.7. The van der Waals surface area contributed by atoms with Crippen molar-refractivity contribution in [2.24, 2.45) is 10.9 Å². The fourth-order valence-corrected chi connectivity index (χ4v) is 4.06. The van der Waals surface area contributed by atoms with Crippen LogP contribution in [0.3, 0.4) is 0 Å². The average Bonchev–Trinajstić information content (AvgIpc) is 3.19. The summed E-state index contributed by atoms with van der Waals surface area (Å²) in [5.74, 6) is 1.65. The first-order chi connectivity index (χ1) is 13.6. The van der Waals surface area contributed by atoms with Crippen molar-refractivity contribution in [2.75, 3.05) is 39.9 Å². The van der Waals surface area contributed by atoms with Gasteiger partial charge in [0.05, 0.1) is 13.2 Å². The van der Waals surface area contributed by atoms with Crippen molar-refractivity contribution >= 4 is 5.96 Å². The van der Waals surface area contributed by atoms with Crippen LogP contribution in [0.5, 0.6) is 0 Å². The summed E-state index contributed by atoms with van der Waals surface area (Å²) in [6, 6.07) is 11.0. The molecule has 2 rings (SSSR count). The van der Waals surface area contributed by atoms with Crippen LogP contribution < -0.4 is 10.6 Å². The number of methoxy groups -OCH3 is 1. The number of rotatable bonds is 10. The minimum Gasteiger partial charge on any atom is -0.384 e. The molecule has 0 aliphatic carbocycles. The average molecular weight is 389 g/mol. The van der Waals surface area contributed by atoms with Crippen molar-refractivity contribution in [3.05, 3.63) is 35.9 Å². The van der Waals surface area contributed by atoms with Gasteiger partial charge in [0.2, 0.25) is 0 Å². The van der Waals surface area contributed by atoms with Gasteiger partial charge in [-0.15, -0.1) is 0 Å². The molecule has 5 heteroatoms. The Morgan fingerprint density at radius 3 is 2.57 bits per heavy atom. The Morgan fingerprint density at radius 2 is 1.96 bits per heavy atom. The maximum Gasteiger partial charge on any atom is 0.193 e. The van der Waals surface area contributed by atoms with Crippen molar-refractivity contribution in [3.63, 3.8) is 0 Å². The first-order valence-corrected chi connectivity index (χ1v) is 10.9. The summed E-state index contributed by atoms with van der Waals surface area (Å²) in [6.45, 7) is 13.5. The predicted molar refractivity (Wildman–Crippen MR) is 119 cm³/mol. The Hall–Kier alpha value is -1.59. The zero-order valence-electron chi connectivity index (χ0n) is 18.5. The number of ether oxygens (including phenoxy) is 1. The third-order valence-corrected chi connectivity index (χ3v) is 6.03. The van der Waals surface area contributed by atoms with E-state index in [0.717, 1.165) is 51.6 Å². The molecule has 0 spiro atoms. The monoisotopic (exact) mass is 388 g/mol. The molecule has 0 bridgehead atoms. The standard InChI is InChI=1S/C23H40N4O/c1-6-23(7-2,26-19(4)21-12-10-9-11-13-21)18-25-22(24-8-3)27-15-14-20(16-27)17-28-5/h9-13,19-20,26H,6-8,14-18H2,1-5H3,(H,24,25). The maximum atomic E-state index is 5.35. The summed E-state index contributed by atoms with van der Waals surface area (Å²) in [5.41, 5.74) is 1.33. The predicted octanol–water partition coefficient (Wildman–Crippen LogP) is 3.83. The fraction of sp³-hybridized carbons (Fsp3) is 0.696. The summed E-state index contributed by atoms with van der Waals surface area (Å²) in [4.78, 5) is 7.47. The lowest BCUT2D eigenvalue weighted by Crippen LogP contribution is -2.49. The van der Waals surface area contributed by atoms with Gasteiger partial charge in [0.15, 0.2) is 5.96 Å². The Kier molecular flexibility index (Phi) is 9.26. The number of likely N-dealkylation sites (tertiary alicyclic amines) is 1. The molecule has 2 unspecified atom stereocenters. The fourth-order valence-electron chi connectivity index (χ4n) is 4.06. The largest absolute Gasteiger partial charge is 0.384 e. The van der Waals surface area contributed by atoms with E-state index in [9.17, 15) is 0 Å². The zero-order valence-corrected chi connectivity index (χ0v) is 18.5. The molecule has 0 saturated carbocycles. The number of hydrogen-bond acceptors (Lipinski definition) is 3. The number of hydrogen-bond donors (Lipinski definition) is 2. The third kappa shape index (κ3) is 6.21. The molecule has 0 radical (unpaired) electrons. The lowest BCUT2D eigenvalue weighted by atomic mass is 9.90. The van der Waals surface area contributed by atoms with E-state index in [0.29, 0.717) is 12.0 Å². The summed E-state index contributed by atoms with van der Waals surface area (Å²) in [6.07, 6.45) is 3.28. The smallest absolute Gasteiger partial charge is 0.193 e. The summed E-state index contributed by atoms with van der Waals surface area (Å²) < 4.78 is 5.35. The molecule has 1 aromatic carbocycles. The van der Waals surface area contributed by atoms with Crippen molar-refractivity contribution in [1.82, 2.24) is 15.5 Å². The van der Waals surface area contributed by atoms with Crippen LogP contribution in [-0.4, -0.2) is 56.3 Å². The highest BCUT2D eigenvalue weighted by molar-refractivity contribution is 5.80. The molecule has 2 N–H and O–H groups in total. The van der Waals surface area contributed by atoms with Crippen LogP contribution in [0.4, 0.5) is 0 Å². The summed E-state index contributed by atoms with van der Waals surface area (Å²) in [7, 11) is 1.79. The van der Waals surface area contributed by atoms with Crippen molar-refractivity contribution in [3.8, 4) is 0 Å². The minimum atomic E-state index is 0.00157. The lowest BCUT2D eigenvalue weighted by Gasteiger charge is -2.35. The molecule has 1 aromatic rings. The zero-order chi connectivity index (χ0) is 20.4. The maximum absolute atomic E-state index is 5.35. The Bertz CT molecular complexity index is 586. The van der Waals surface area contributed by atoms with Crippen LogP contribution in [-0.2, 0) is 4.74 Å². The van der Waals surface area contributed by atoms with E-state index >= 15 is 0 Å². The van der Waals surface area contributed by atoms with E-state index in [-0.39, 0.29) is 5.54 Å². The molecule has 0 aromatic heterocycles. The van der Waals surface area contributed by atoms with Gasteiger partial charge in [-0.25, -0.2) is 0 Å². The van der Waals surface area contributed by atoms with Gasteiger partial charge in [0.1, 0.15) is 0 Å². The third-order valence-electron chi connectivity index (χ3n) is 6.03. The molecule has 1 aliphatic rings. The topological polar surface area (TPSA) is 48.9 Å². The van der Waals surface area contributed by atoms with Gasteiger partial charge >= 0.3 is 0 Å². The van der Waals surface area contributed by atoms with Crippen LogP contribution in [0.2, 0.25) is 0 Å². The van der Waals surface area contributed by atoms with E-state index in [1.54, 1.807) is 7.11 Å². The Labute approximate surface area is 171 Å². The van der Waals surface area contributed by atoms with Gasteiger partial charge in [0, 0.05) is 44.2 Å². The molecular formula is C23H40N4O. The van der Waals surface area contributed by atoms with Crippen LogP contribution in [0, 0.1) is 5.92 Å². The van der Waals surface area contributed by atoms with Crippen molar-refractivity contribution in [2.45, 2.75) is 58.5 Å². The molecule has 1 heterocycles. The molecule has 28 heavy (non-hydrogen) atoms. The van der Waals surface area contributed by atoms with E-state index in [1.807, 2.05) is 0 Å². The van der Waals surface area contributed by atoms with E-state index in [1.165, 1.54) is 12.0 Å². The molecule has 0 amide bonds. The summed E-state index contributed by atoms with van der Waals surface area (Å²) in [5, 5.41) is 7.39. The Balaban J connectivity index is 2.09. The van der Waals surface area contributed by atoms with Crippen LogP contribution in [0.25, 0.3) is 0 Å². The van der Waals surface area contributed by atoms with Gasteiger partial charge in [0.25, 0.3) is 0 Å². The quantitative estimate of drug-likeness (QED) is 0.472. The molecule has 5 nitrogen and oxygen atoms in total. The van der Waals surface area contributed by atoms with Gasteiger partial charge < -0.3 is 20.3 Å². The van der Waals surface area contributed by atoms with Gasteiger partial charge in [-0.1, -0.05) is 44.2 Å². The van der Waals surface area contributed by atoms with E-state index in [4.69, 9.17) is 9.73 Å². The van der Waals surface area contributed by atoms with E-state index < -0.39 is 0 Å². The highest BCUT2D eigenvalue weighted by Gasteiger charge is 2.29. The highest BCUT2D eigenvalue weighted by atomic mass is 16.5. The molecule has 1 saturated heterocycles. The normalized spacial score (nSPS) is 19.1. The van der Waals surface area contributed by atoms with Crippen LogP contribution in [0.1, 0.15) is 58.6 Å². The number of benzene rings is 1.